The molecular weight excluding hydrogens is 262 g/mol. The van der Waals surface area contributed by atoms with Gasteiger partial charge in [0, 0.05) is 5.56 Å². The van der Waals surface area contributed by atoms with Crippen LogP contribution in [0.25, 0.3) is 0 Å². The molecule has 0 amide bonds. The molecule has 1 heterocycles. The summed E-state index contributed by atoms with van der Waals surface area (Å²) in [7, 11) is 0. The summed E-state index contributed by atoms with van der Waals surface area (Å²) in [5.74, 6) is -0.836. The number of H-pyrrole nitrogens is 1. The Kier molecular flexibility index (Phi) is 3.85. The maximum Gasteiger partial charge on any atom is 0.363 e. The van der Waals surface area contributed by atoms with E-state index in [1.807, 2.05) is 0 Å². The molecule has 102 valence electrons. The number of rotatable bonds is 4. The molecule has 0 radical (unpaired) electrons. The van der Waals surface area contributed by atoms with Gasteiger partial charge in [0.05, 0.1) is 11.8 Å². The second kappa shape index (κ2) is 5.74. The average molecular weight is 273 g/mol. The Labute approximate surface area is 113 Å². The van der Waals surface area contributed by atoms with Gasteiger partial charge in [0.15, 0.2) is 5.82 Å². The maximum atomic E-state index is 11.0. The second-order valence-electron chi connectivity index (χ2n) is 3.84. The Morgan fingerprint density at radius 3 is 2.95 bits per heavy atom. The van der Waals surface area contributed by atoms with E-state index in [0.717, 1.165) is 0 Å². The van der Waals surface area contributed by atoms with Crippen molar-refractivity contribution in [1.29, 1.82) is 0 Å². The van der Waals surface area contributed by atoms with Gasteiger partial charge in [-0.2, -0.15) is 15.2 Å². The lowest BCUT2D eigenvalue weighted by Gasteiger charge is -2.02. The van der Waals surface area contributed by atoms with E-state index in [2.05, 4.69) is 25.7 Å². The molecule has 0 unspecified atom stereocenters. The largest absolute Gasteiger partial charge is 0.478 e. The van der Waals surface area contributed by atoms with Crippen molar-refractivity contribution in [2.75, 3.05) is 5.43 Å². The van der Waals surface area contributed by atoms with E-state index < -0.39 is 11.7 Å². The monoisotopic (exact) mass is 273 g/mol. The zero-order valence-corrected chi connectivity index (χ0v) is 10.5. The SMILES string of the molecule is Cc1n[nH]c(=O)nc1N/N=C/c1ccccc1C(=O)O. The number of hydrogen-bond donors (Lipinski definition) is 3. The van der Waals surface area contributed by atoms with E-state index >= 15 is 0 Å². The number of carbonyl (C=O) groups is 1. The molecule has 0 aliphatic carbocycles. The van der Waals surface area contributed by atoms with E-state index in [1.165, 1.54) is 12.3 Å². The van der Waals surface area contributed by atoms with E-state index in [9.17, 15) is 9.59 Å². The number of nitrogens with zero attached hydrogens (tertiary/aromatic N) is 3. The smallest absolute Gasteiger partial charge is 0.363 e. The molecule has 1 aromatic heterocycles. The van der Waals surface area contributed by atoms with Crippen LogP contribution >= 0.6 is 0 Å². The zero-order valence-electron chi connectivity index (χ0n) is 10.5. The van der Waals surface area contributed by atoms with Gasteiger partial charge in [-0.25, -0.2) is 14.7 Å². The summed E-state index contributed by atoms with van der Waals surface area (Å²) in [5, 5.41) is 18.8. The van der Waals surface area contributed by atoms with Crippen LogP contribution in [0.3, 0.4) is 0 Å². The number of aromatic amines is 1. The van der Waals surface area contributed by atoms with Gasteiger partial charge in [0.25, 0.3) is 0 Å². The third-order valence-electron chi connectivity index (χ3n) is 2.44. The van der Waals surface area contributed by atoms with Crippen LogP contribution in [0.1, 0.15) is 21.6 Å². The van der Waals surface area contributed by atoms with Crippen LogP contribution in [0.15, 0.2) is 34.2 Å². The van der Waals surface area contributed by atoms with Crippen LogP contribution < -0.4 is 11.1 Å². The lowest BCUT2D eigenvalue weighted by atomic mass is 10.1. The van der Waals surface area contributed by atoms with E-state index in [4.69, 9.17) is 5.11 Å². The van der Waals surface area contributed by atoms with Gasteiger partial charge < -0.3 is 5.11 Å². The quantitative estimate of drug-likeness (QED) is 0.554. The molecule has 0 fully saturated rings. The summed E-state index contributed by atoms with van der Waals surface area (Å²) >= 11 is 0. The predicted molar refractivity (Wildman–Crippen MR) is 72.0 cm³/mol. The third kappa shape index (κ3) is 3.05. The number of benzene rings is 1. The summed E-state index contributed by atoms with van der Waals surface area (Å²) in [6, 6.07) is 6.42. The fraction of sp³-hybridized carbons (Fsp3) is 0.0833. The van der Waals surface area contributed by atoms with Crippen molar-refractivity contribution in [2.45, 2.75) is 6.92 Å². The van der Waals surface area contributed by atoms with Gasteiger partial charge in [-0.15, -0.1) is 0 Å². The van der Waals surface area contributed by atoms with Gasteiger partial charge >= 0.3 is 11.7 Å². The first-order chi connectivity index (χ1) is 9.58. The molecule has 3 N–H and O–H groups in total. The Morgan fingerprint density at radius 2 is 2.20 bits per heavy atom. The summed E-state index contributed by atoms with van der Waals surface area (Å²) < 4.78 is 0. The van der Waals surface area contributed by atoms with Crippen molar-refractivity contribution in [3.63, 3.8) is 0 Å². The number of anilines is 1. The van der Waals surface area contributed by atoms with Crippen molar-refractivity contribution in [2.24, 2.45) is 5.10 Å². The van der Waals surface area contributed by atoms with Crippen molar-refractivity contribution in [3.05, 3.63) is 51.6 Å². The van der Waals surface area contributed by atoms with Crippen LogP contribution in [-0.2, 0) is 0 Å². The number of carboxylic acid groups (broad SMARTS) is 1. The Hall–Kier alpha value is -3.03. The van der Waals surface area contributed by atoms with E-state index in [0.29, 0.717) is 11.3 Å². The Bertz CT molecular complexity index is 723. The molecule has 2 rings (SSSR count). The normalized spacial score (nSPS) is 10.7. The van der Waals surface area contributed by atoms with Crippen LogP contribution in [0, 0.1) is 6.92 Å². The fourth-order valence-corrected chi connectivity index (χ4v) is 1.47. The van der Waals surface area contributed by atoms with Gasteiger partial charge in [0.2, 0.25) is 0 Å². The first-order valence-electron chi connectivity index (χ1n) is 5.62. The third-order valence-corrected chi connectivity index (χ3v) is 2.44. The number of hydrazone groups is 1. The van der Waals surface area contributed by atoms with Crippen LogP contribution in [0.2, 0.25) is 0 Å². The van der Waals surface area contributed by atoms with Gasteiger partial charge in [-0.05, 0) is 13.0 Å². The van der Waals surface area contributed by atoms with Crippen molar-refractivity contribution < 1.29 is 9.90 Å². The standard InChI is InChI=1S/C12H11N5O3/c1-7-10(14-12(20)17-15-7)16-13-6-8-4-2-3-5-9(8)11(18)19/h2-6H,1H3,(H,18,19)(H2,14,16,17,20)/b13-6+. The highest BCUT2D eigenvalue weighted by atomic mass is 16.4. The molecule has 0 atom stereocenters. The van der Waals surface area contributed by atoms with Crippen molar-refractivity contribution in [1.82, 2.24) is 15.2 Å². The molecule has 0 bridgehead atoms. The molecule has 0 saturated carbocycles. The molecule has 8 nitrogen and oxygen atoms in total. The maximum absolute atomic E-state index is 11.0. The first-order valence-corrected chi connectivity index (χ1v) is 5.62. The molecule has 0 saturated heterocycles. The van der Waals surface area contributed by atoms with Gasteiger partial charge in [-0.3, -0.25) is 5.43 Å². The number of nitrogens with one attached hydrogen (secondary N) is 2. The molecule has 0 aliphatic rings. The average Bonchev–Trinajstić information content (AvgIpc) is 2.43. The first kappa shape index (κ1) is 13.4. The molecular formula is C12H11N5O3. The zero-order chi connectivity index (χ0) is 14.5. The molecule has 0 spiro atoms. The summed E-state index contributed by atoms with van der Waals surface area (Å²) in [6.07, 6.45) is 1.34. The summed E-state index contributed by atoms with van der Waals surface area (Å²) in [4.78, 5) is 25.7. The minimum atomic E-state index is -1.04. The minimum absolute atomic E-state index is 0.131. The summed E-state index contributed by atoms with van der Waals surface area (Å²) in [5.41, 5.74) is 2.98. The molecule has 20 heavy (non-hydrogen) atoms. The van der Waals surface area contributed by atoms with Crippen molar-refractivity contribution in [3.8, 4) is 0 Å². The second-order valence-corrected chi connectivity index (χ2v) is 3.84. The number of carboxylic acids is 1. The summed E-state index contributed by atoms with van der Waals surface area (Å²) in [6.45, 7) is 1.64. The number of aromatic nitrogens is 3. The highest BCUT2D eigenvalue weighted by Crippen LogP contribution is 2.07. The number of aromatic carboxylic acids is 1. The van der Waals surface area contributed by atoms with Gasteiger partial charge in [-0.1, -0.05) is 18.2 Å². The predicted octanol–water partition coefficient (Wildman–Crippen LogP) is 0.618. The van der Waals surface area contributed by atoms with E-state index in [-0.39, 0.29) is 11.4 Å². The van der Waals surface area contributed by atoms with Crippen molar-refractivity contribution >= 4 is 18.0 Å². The van der Waals surface area contributed by atoms with Crippen LogP contribution in [0.5, 0.6) is 0 Å². The fourth-order valence-electron chi connectivity index (χ4n) is 1.47. The number of aryl methyl sites for hydroxylation is 1. The Morgan fingerprint density at radius 1 is 1.45 bits per heavy atom. The lowest BCUT2D eigenvalue weighted by molar-refractivity contribution is 0.0697. The molecule has 1 aromatic carbocycles. The van der Waals surface area contributed by atoms with E-state index in [1.54, 1.807) is 25.1 Å². The highest BCUT2D eigenvalue weighted by molar-refractivity contribution is 5.98. The van der Waals surface area contributed by atoms with Crippen LogP contribution in [0.4, 0.5) is 5.82 Å². The Balaban J connectivity index is 2.21. The number of hydrogen-bond acceptors (Lipinski definition) is 6. The molecule has 8 heteroatoms. The topological polar surface area (TPSA) is 120 Å². The molecule has 0 aliphatic heterocycles. The minimum Gasteiger partial charge on any atom is -0.478 e. The highest BCUT2D eigenvalue weighted by Gasteiger charge is 2.06. The lowest BCUT2D eigenvalue weighted by Crippen LogP contribution is -2.15. The van der Waals surface area contributed by atoms with Crippen LogP contribution in [-0.4, -0.2) is 32.5 Å². The molecule has 2 aromatic rings. The van der Waals surface area contributed by atoms with Gasteiger partial charge in [0.1, 0.15) is 5.69 Å².